The number of anilines is 2. The first-order chi connectivity index (χ1) is 13.5. The topological polar surface area (TPSA) is 48.5 Å². The summed E-state index contributed by atoms with van der Waals surface area (Å²) in [5.74, 6) is -2.22. The zero-order valence-corrected chi connectivity index (χ0v) is 14.8. The molecule has 0 radical (unpaired) electrons. The highest BCUT2D eigenvalue weighted by Crippen LogP contribution is 2.28. The van der Waals surface area contributed by atoms with Gasteiger partial charge in [-0.25, -0.2) is 18.0 Å². The van der Waals surface area contributed by atoms with Crippen LogP contribution in [0.15, 0.2) is 48.7 Å². The van der Waals surface area contributed by atoms with Gasteiger partial charge in [0, 0.05) is 55.2 Å². The lowest BCUT2D eigenvalue weighted by Crippen LogP contribution is -2.50. The summed E-state index contributed by atoms with van der Waals surface area (Å²) in [6.07, 6.45) is 1.56. The first-order valence-corrected chi connectivity index (χ1v) is 8.81. The second-order valence-electron chi connectivity index (χ2n) is 6.52. The summed E-state index contributed by atoms with van der Waals surface area (Å²) in [6, 6.07) is 9.29. The lowest BCUT2D eigenvalue weighted by atomic mass is 10.1. The highest BCUT2D eigenvalue weighted by atomic mass is 19.2. The maximum Gasteiger partial charge on any atom is 0.321 e. The van der Waals surface area contributed by atoms with Crippen LogP contribution in [0.4, 0.5) is 29.3 Å². The second kappa shape index (κ2) is 7.38. The molecule has 2 aromatic carbocycles. The molecule has 2 heterocycles. The van der Waals surface area contributed by atoms with Crippen molar-refractivity contribution >= 4 is 28.3 Å². The van der Waals surface area contributed by atoms with Crippen molar-refractivity contribution in [3.05, 3.63) is 66.1 Å². The molecule has 1 aromatic heterocycles. The lowest BCUT2D eigenvalue weighted by Gasteiger charge is -2.36. The Morgan fingerprint density at radius 3 is 2.32 bits per heavy atom. The van der Waals surface area contributed by atoms with Gasteiger partial charge in [-0.05, 0) is 36.4 Å². The molecule has 1 fully saturated rings. The SMILES string of the molecule is O=C(Nc1ccc(F)cc1)N1CCN(c2ccnc3cc(F)c(F)cc23)CC1. The first kappa shape index (κ1) is 18.1. The molecule has 0 saturated carbocycles. The van der Waals surface area contributed by atoms with E-state index in [1.165, 1.54) is 24.3 Å². The van der Waals surface area contributed by atoms with E-state index in [0.717, 1.165) is 17.8 Å². The molecule has 8 heteroatoms. The summed E-state index contributed by atoms with van der Waals surface area (Å²) in [5, 5.41) is 3.27. The van der Waals surface area contributed by atoms with Crippen LogP contribution in [0, 0.1) is 17.5 Å². The van der Waals surface area contributed by atoms with E-state index in [-0.39, 0.29) is 11.8 Å². The molecule has 28 heavy (non-hydrogen) atoms. The summed E-state index contributed by atoms with van der Waals surface area (Å²) >= 11 is 0. The van der Waals surface area contributed by atoms with Crippen molar-refractivity contribution in [2.24, 2.45) is 0 Å². The van der Waals surface area contributed by atoms with E-state index >= 15 is 0 Å². The van der Waals surface area contributed by atoms with Crippen LogP contribution in [0.1, 0.15) is 0 Å². The molecule has 1 aliphatic heterocycles. The van der Waals surface area contributed by atoms with Gasteiger partial charge in [0.25, 0.3) is 0 Å². The van der Waals surface area contributed by atoms with Crippen molar-refractivity contribution < 1.29 is 18.0 Å². The molecule has 3 aromatic rings. The van der Waals surface area contributed by atoms with Gasteiger partial charge in [-0.3, -0.25) is 4.98 Å². The number of nitrogens with zero attached hydrogens (tertiary/aromatic N) is 3. The largest absolute Gasteiger partial charge is 0.367 e. The maximum absolute atomic E-state index is 13.7. The van der Waals surface area contributed by atoms with Crippen molar-refractivity contribution in [1.82, 2.24) is 9.88 Å². The van der Waals surface area contributed by atoms with E-state index in [9.17, 15) is 18.0 Å². The fourth-order valence-electron chi connectivity index (χ4n) is 3.29. The van der Waals surface area contributed by atoms with E-state index < -0.39 is 11.6 Å². The van der Waals surface area contributed by atoms with Crippen molar-refractivity contribution in [2.75, 3.05) is 36.4 Å². The number of nitrogens with one attached hydrogen (secondary N) is 1. The zero-order valence-electron chi connectivity index (χ0n) is 14.8. The Hall–Kier alpha value is -3.29. The minimum Gasteiger partial charge on any atom is -0.367 e. The van der Waals surface area contributed by atoms with Crippen LogP contribution >= 0.6 is 0 Å². The fourth-order valence-corrected chi connectivity index (χ4v) is 3.29. The van der Waals surface area contributed by atoms with Gasteiger partial charge in [0.05, 0.1) is 5.52 Å². The Bertz CT molecular complexity index is 1020. The molecule has 1 aliphatic rings. The Labute approximate surface area is 159 Å². The number of hydrogen-bond donors (Lipinski definition) is 1. The van der Waals surface area contributed by atoms with Crippen LogP contribution in [0.5, 0.6) is 0 Å². The Balaban J connectivity index is 1.45. The number of benzene rings is 2. The Kier molecular flexibility index (Phi) is 4.77. The number of carbonyl (C=O) groups is 1. The van der Waals surface area contributed by atoms with Gasteiger partial charge >= 0.3 is 6.03 Å². The summed E-state index contributed by atoms with van der Waals surface area (Å²) in [5.41, 5.74) is 1.65. The zero-order chi connectivity index (χ0) is 19.7. The molecule has 0 unspecified atom stereocenters. The van der Waals surface area contributed by atoms with Gasteiger partial charge in [0.15, 0.2) is 11.6 Å². The lowest BCUT2D eigenvalue weighted by molar-refractivity contribution is 0.208. The molecular weight excluding hydrogens is 369 g/mol. The van der Waals surface area contributed by atoms with Crippen molar-refractivity contribution in [3.63, 3.8) is 0 Å². The summed E-state index contributed by atoms with van der Waals surface area (Å²) in [7, 11) is 0. The molecule has 144 valence electrons. The van der Waals surface area contributed by atoms with Gasteiger partial charge in [-0.2, -0.15) is 0 Å². The van der Waals surface area contributed by atoms with Gasteiger partial charge in [0.1, 0.15) is 5.82 Å². The Morgan fingerprint density at radius 2 is 1.61 bits per heavy atom. The summed E-state index contributed by atoms with van der Waals surface area (Å²) in [6.45, 7) is 1.99. The predicted octanol–water partition coefficient (Wildman–Crippen LogP) is 4.01. The fraction of sp³-hybridized carbons (Fsp3) is 0.200. The number of piperazine rings is 1. The van der Waals surface area contributed by atoms with Crippen molar-refractivity contribution in [3.8, 4) is 0 Å². The quantitative estimate of drug-likeness (QED) is 0.724. The average molecular weight is 386 g/mol. The summed E-state index contributed by atoms with van der Waals surface area (Å²) < 4.78 is 40.1. The normalized spacial score (nSPS) is 14.4. The monoisotopic (exact) mass is 386 g/mol. The highest BCUT2D eigenvalue weighted by Gasteiger charge is 2.23. The van der Waals surface area contributed by atoms with Crippen LogP contribution < -0.4 is 10.2 Å². The molecule has 0 spiro atoms. The van der Waals surface area contributed by atoms with E-state index in [1.54, 1.807) is 17.2 Å². The molecule has 1 saturated heterocycles. The molecule has 1 N–H and O–H groups in total. The molecule has 0 atom stereocenters. The van der Waals surface area contributed by atoms with Crippen LogP contribution in [0.25, 0.3) is 10.9 Å². The van der Waals surface area contributed by atoms with E-state index in [1.807, 2.05) is 4.90 Å². The number of rotatable bonds is 2. The standard InChI is InChI=1S/C20H17F3N4O/c21-13-1-3-14(4-2-13)25-20(28)27-9-7-26(8-10-27)19-5-6-24-18-12-17(23)16(22)11-15(18)19/h1-6,11-12H,7-10H2,(H,25,28). The van der Waals surface area contributed by atoms with Gasteiger partial charge in [-0.1, -0.05) is 0 Å². The smallest absolute Gasteiger partial charge is 0.321 e. The molecule has 0 bridgehead atoms. The van der Waals surface area contributed by atoms with Crippen LogP contribution in [-0.4, -0.2) is 42.1 Å². The minimum absolute atomic E-state index is 0.265. The van der Waals surface area contributed by atoms with Crippen LogP contribution in [0.3, 0.4) is 0 Å². The number of fused-ring (bicyclic) bond motifs is 1. The van der Waals surface area contributed by atoms with Gasteiger partial charge in [-0.15, -0.1) is 0 Å². The second-order valence-corrected chi connectivity index (χ2v) is 6.52. The number of halogens is 3. The predicted molar refractivity (Wildman–Crippen MR) is 101 cm³/mol. The number of amides is 2. The molecule has 2 amide bonds. The maximum atomic E-state index is 13.7. The third-order valence-electron chi connectivity index (χ3n) is 4.76. The average Bonchev–Trinajstić information content (AvgIpc) is 2.70. The van der Waals surface area contributed by atoms with Crippen LogP contribution in [0.2, 0.25) is 0 Å². The van der Waals surface area contributed by atoms with E-state index in [2.05, 4.69) is 10.3 Å². The molecular formula is C20H17F3N4O. The molecule has 4 rings (SSSR count). The van der Waals surface area contributed by atoms with Crippen LogP contribution in [-0.2, 0) is 0 Å². The third kappa shape index (κ3) is 3.58. The van der Waals surface area contributed by atoms with Gasteiger partial charge < -0.3 is 15.1 Å². The number of carbonyl (C=O) groups excluding carboxylic acids is 1. The molecule has 5 nitrogen and oxygen atoms in total. The van der Waals surface area contributed by atoms with E-state index in [0.29, 0.717) is 42.8 Å². The Morgan fingerprint density at radius 1 is 0.929 bits per heavy atom. The van der Waals surface area contributed by atoms with E-state index in [4.69, 9.17) is 0 Å². The minimum atomic E-state index is -0.931. The van der Waals surface area contributed by atoms with Gasteiger partial charge in [0.2, 0.25) is 0 Å². The first-order valence-electron chi connectivity index (χ1n) is 8.81. The third-order valence-corrected chi connectivity index (χ3v) is 4.76. The number of hydrogen-bond acceptors (Lipinski definition) is 3. The molecule has 0 aliphatic carbocycles. The van der Waals surface area contributed by atoms with Crippen molar-refractivity contribution in [2.45, 2.75) is 0 Å². The highest BCUT2D eigenvalue weighted by molar-refractivity contribution is 5.92. The number of aromatic nitrogens is 1. The summed E-state index contributed by atoms with van der Waals surface area (Å²) in [4.78, 5) is 20.2. The van der Waals surface area contributed by atoms with Crippen molar-refractivity contribution in [1.29, 1.82) is 0 Å². The number of urea groups is 1. The number of pyridine rings is 1.